The Hall–Kier alpha value is -1.33. The van der Waals surface area contributed by atoms with Crippen LogP contribution in [0.1, 0.15) is 59.6 Å². The van der Waals surface area contributed by atoms with E-state index in [-0.39, 0.29) is 5.91 Å². The van der Waals surface area contributed by atoms with Crippen LogP contribution in [0.5, 0.6) is 0 Å². The van der Waals surface area contributed by atoms with Crippen LogP contribution in [0.25, 0.3) is 0 Å². The Morgan fingerprint density at radius 1 is 1.24 bits per heavy atom. The number of hydrogen-bond acceptors (Lipinski definition) is 4. The Balaban J connectivity index is 1.71. The third-order valence-corrected chi connectivity index (χ3v) is 6.78. The van der Waals surface area contributed by atoms with E-state index in [0.29, 0.717) is 6.04 Å². The lowest BCUT2D eigenvalue weighted by Crippen LogP contribution is -2.37. The summed E-state index contributed by atoms with van der Waals surface area (Å²) in [6.07, 6.45) is 7.35. The summed E-state index contributed by atoms with van der Waals surface area (Å²) in [5, 5.41) is 3.19. The molecule has 134 valence electrons. The van der Waals surface area contributed by atoms with Gasteiger partial charge in [0.1, 0.15) is 0 Å². The summed E-state index contributed by atoms with van der Waals surface area (Å²) < 4.78 is 0. The predicted molar refractivity (Wildman–Crippen MR) is 106 cm³/mol. The number of thioether (sulfide) groups is 1. The van der Waals surface area contributed by atoms with Gasteiger partial charge in [0, 0.05) is 29.1 Å². The molecule has 1 heterocycles. The van der Waals surface area contributed by atoms with Gasteiger partial charge in [-0.1, -0.05) is 37.8 Å². The fourth-order valence-electron chi connectivity index (χ4n) is 3.40. The molecular formula is C20H26N2OS2. The van der Waals surface area contributed by atoms with Crippen LogP contribution in [0.4, 0.5) is 0 Å². The molecule has 1 aromatic heterocycles. The van der Waals surface area contributed by atoms with Crippen LogP contribution in [0.3, 0.4) is 0 Å². The number of amides is 1. The molecule has 1 fully saturated rings. The van der Waals surface area contributed by atoms with Gasteiger partial charge in [-0.25, -0.2) is 4.98 Å². The highest BCUT2D eigenvalue weighted by molar-refractivity contribution is 7.98. The molecule has 1 saturated carbocycles. The molecule has 2 aromatic rings. The van der Waals surface area contributed by atoms with E-state index in [4.69, 9.17) is 0 Å². The maximum Gasteiger partial charge on any atom is 0.254 e. The summed E-state index contributed by atoms with van der Waals surface area (Å²) in [6.45, 7) is 2.03. The minimum atomic E-state index is 0.157. The standard InChI is InChI=1S/C20H26N2OS2/c1-15-21-16(13-24-15)14-25-19-12-8-7-11-18(19)20(23)22(2)17-9-5-3-4-6-10-17/h7-8,11-13,17H,3-6,9-10,14H2,1-2H3. The summed E-state index contributed by atoms with van der Waals surface area (Å²) >= 11 is 3.38. The Bertz CT molecular complexity index is 705. The second kappa shape index (κ2) is 8.86. The molecule has 1 aliphatic carbocycles. The smallest absolute Gasteiger partial charge is 0.254 e. The monoisotopic (exact) mass is 374 g/mol. The maximum atomic E-state index is 13.1. The zero-order valence-electron chi connectivity index (χ0n) is 15.0. The van der Waals surface area contributed by atoms with E-state index in [1.807, 2.05) is 37.1 Å². The van der Waals surface area contributed by atoms with Crippen LogP contribution < -0.4 is 0 Å². The van der Waals surface area contributed by atoms with Gasteiger partial charge in [0.25, 0.3) is 5.91 Å². The Morgan fingerprint density at radius 2 is 1.96 bits per heavy atom. The van der Waals surface area contributed by atoms with Gasteiger partial charge in [-0.05, 0) is 31.9 Å². The van der Waals surface area contributed by atoms with Crippen LogP contribution in [-0.2, 0) is 5.75 Å². The molecule has 5 heteroatoms. The summed E-state index contributed by atoms with van der Waals surface area (Å²) in [5.41, 5.74) is 1.91. The molecule has 3 rings (SSSR count). The lowest BCUT2D eigenvalue weighted by Gasteiger charge is -2.28. The topological polar surface area (TPSA) is 33.2 Å². The van der Waals surface area contributed by atoms with Crippen molar-refractivity contribution in [2.75, 3.05) is 7.05 Å². The van der Waals surface area contributed by atoms with E-state index in [9.17, 15) is 4.79 Å². The van der Waals surface area contributed by atoms with Gasteiger partial charge in [-0.2, -0.15) is 0 Å². The molecule has 3 nitrogen and oxygen atoms in total. The van der Waals surface area contributed by atoms with Crippen molar-refractivity contribution in [3.05, 3.63) is 45.9 Å². The largest absolute Gasteiger partial charge is 0.339 e. The number of aryl methyl sites for hydroxylation is 1. The molecule has 0 atom stereocenters. The first-order valence-corrected chi connectivity index (χ1v) is 10.9. The van der Waals surface area contributed by atoms with E-state index >= 15 is 0 Å². The first kappa shape index (κ1) is 18.5. The summed E-state index contributed by atoms with van der Waals surface area (Å²) in [7, 11) is 1.98. The Morgan fingerprint density at radius 3 is 2.64 bits per heavy atom. The molecular weight excluding hydrogens is 348 g/mol. The number of carbonyl (C=O) groups excluding carboxylic acids is 1. The summed E-state index contributed by atoms with van der Waals surface area (Å²) in [6, 6.07) is 8.37. The average molecular weight is 375 g/mol. The van der Waals surface area contributed by atoms with Crippen LogP contribution in [0, 0.1) is 6.92 Å². The molecule has 0 aliphatic heterocycles. The number of aromatic nitrogens is 1. The fraction of sp³-hybridized carbons (Fsp3) is 0.500. The number of carbonyl (C=O) groups is 1. The first-order valence-electron chi connectivity index (χ1n) is 9.05. The summed E-state index contributed by atoms with van der Waals surface area (Å²) in [5.74, 6) is 0.964. The highest BCUT2D eigenvalue weighted by Gasteiger charge is 2.23. The highest BCUT2D eigenvalue weighted by atomic mass is 32.2. The van der Waals surface area contributed by atoms with Crippen LogP contribution in [0.2, 0.25) is 0 Å². The number of nitrogens with zero attached hydrogens (tertiary/aromatic N) is 2. The zero-order valence-corrected chi connectivity index (χ0v) is 16.7. The lowest BCUT2D eigenvalue weighted by molar-refractivity contribution is 0.0714. The van der Waals surface area contributed by atoms with E-state index < -0.39 is 0 Å². The lowest BCUT2D eigenvalue weighted by atomic mass is 10.1. The molecule has 0 spiro atoms. The SMILES string of the molecule is Cc1nc(CSc2ccccc2C(=O)N(C)C2CCCCCC2)cs1. The van der Waals surface area contributed by atoms with Crippen LogP contribution in [-0.4, -0.2) is 28.9 Å². The average Bonchev–Trinajstić information content (AvgIpc) is 2.87. The minimum Gasteiger partial charge on any atom is -0.339 e. The van der Waals surface area contributed by atoms with Crippen molar-refractivity contribution < 1.29 is 4.79 Å². The molecule has 25 heavy (non-hydrogen) atoms. The van der Waals surface area contributed by atoms with Crippen molar-refractivity contribution in [3.8, 4) is 0 Å². The van der Waals surface area contributed by atoms with Gasteiger partial charge in [0.2, 0.25) is 0 Å². The van der Waals surface area contributed by atoms with Crippen molar-refractivity contribution >= 4 is 29.0 Å². The quantitative estimate of drug-likeness (QED) is 0.509. The Kier molecular flexibility index (Phi) is 6.54. The second-order valence-corrected chi connectivity index (χ2v) is 8.78. The maximum absolute atomic E-state index is 13.1. The number of hydrogen-bond donors (Lipinski definition) is 0. The third-order valence-electron chi connectivity index (χ3n) is 4.85. The van der Waals surface area contributed by atoms with Gasteiger partial charge in [0.15, 0.2) is 0 Å². The van der Waals surface area contributed by atoms with E-state index in [0.717, 1.165) is 39.8 Å². The van der Waals surface area contributed by atoms with Gasteiger partial charge in [0.05, 0.1) is 16.3 Å². The van der Waals surface area contributed by atoms with Crippen LogP contribution >= 0.6 is 23.1 Å². The molecule has 0 unspecified atom stereocenters. The number of benzene rings is 1. The van der Waals surface area contributed by atoms with E-state index in [1.165, 1.54) is 25.7 Å². The van der Waals surface area contributed by atoms with Gasteiger partial charge in [-0.3, -0.25) is 4.79 Å². The van der Waals surface area contributed by atoms with Crippen LogP contribution in [0.15, 0.2) is 34.5 Å². The Labute approximate surface area is 158 Å². The van der Waals surface area contributed by atoms with Crippen molar-refractivity contribution in [3.63, 3.8) is 0 Å². The van der Waals surface area contributed by atoms with Crippen molar-refractivity contribution in [2.45, 2.75) is 62.1 Å². The molecule has 1 amide bonds. The highest BCUT2D eigenvalue weighted by Crippen LogP contribution is 2.29. The normalized spacial score (nSPS) is 15.8. The molecule has 0 saturated heterocycles. The molecule has 0 N–H and O–H groups in total. The van der Waals surface area contributed by atoms with E-state index in [1.54, 1.807) is 23.1 Å². The minimum absolute atomic E-state index is 0.157. The van der Waals surface area contributed by atoms with E-state index in [2.05, 4.69) is 16.4 Å². The number of rotatable bonds is 5. The fourth-order valence-corrected chi connectivity index (χ4v) is 5.05. The molecule has 0 bridgehead atoms. The molecule has 0 radical (unpaired) electrons. The van der Waals surface area contributed by atoms with Crippen molar-refractivity contribution in [1.29, 1.82) is 0 Å². The molecule has 1 aromatic carbocycles. The number of thiazole rings is 1. The van der Waals surface area contributed by atoms with Gasteiger partial charge < -0.3 is 4.90 Å². The van der Waals surface area contributed by atoms with Gasteiger partial charge >= 0.3 is 0 Å². The first-order chi connectivity index (χ1) is 12.1. The molecule has 1 aliphatic rings. The zero-order chi connectivity index (χ0) is 17.6. The second-order valence-electron chi connectivity index (χ2n) is 6.70. The van der Waals surface area contributed by atoms with Crippen molar-refractivity contribution in [1.82, 2.24) is 9.88 Å². The van der Waals surface area contributed by atoms with Crippen molar-refractivity contribution in [2.24, 2.45) is 0 Å². The predicted octanol–water partition coefficient (Wildman–Crippen LogP) is 5.54. The van der Waals surface area contributed by atoms with Gasteiger partial charge in [-0.15, -0.1) is 23.1 Å². The third kappa shape index (κ3) is 4.85. The summed E-state index contributed by atoms with van der Waals surface area (Å²) in [4.78, 5) is 20.7.